The van der Waals surface area contributed by atoms with Gasteiger partial charge in [0.25, 0.3) is 0 Å². The molecule has 0 spiro atoms. The Morgan fingerprint density at radius 2 is 2.27 bits per heavy atom. The van der Waals surface area contributed by atoms with Gasteiger partial charge in [-0.25, -0.2) is 9.97 Å². The van der Waals surface area contributed by atoms with Gasteiger partial charge in [0.1, 0.15) is 6.33 Å². The topological polar surface area (TPSA) is 46.0 Å². The Kier molecular flexibility index (Phi) is 2.19. The molecule has 0 fully saturated rings. The Morgan fingerprint density at radius 3 is 2.73 bits per heavy atom. The first-order chi connectivity index (χ1) is 5.17. The van der Waals surface area contributed by atoms with E-state index in [1.165, 1.54) is 6.33 Å². The lowest BCUT2D eigenvalue weighted by Gasteiger charge is -2.19. The fourth-order valence-electron chi connectivity index (χ4n) is 0.772. The van der Waals surface area contributed by atoms with Crippen molar-refractivity contribution in [1.82, 2.24) is 9.97 Å². The van der Waals surface area contributed by atoms with Crippen LogP contribution in [0.15, 0.2) is 18.6 Å². The number of hydrogen-bond acceptors (Lipinski definition) is 3. The Balaban J connectivity index is 2.93. The van der Waals surface area contributed by atoms with E-state index in [0.717, 1.165) is 5.69 Å². The molecule has 0 amide bonds. The SMILES string of the molecule is CC(C)(CO)c1ccncn1. The van der Waals surface area contributed by atoms with Crippen LogP contribution in [0.5, 0.6) is 0 Å². The van der Waals surface area contributed by atoms with Crippen molar-refractivity contribution in [3.63, 3.8) is 0 Å². The maximum absolute atomic E-state index is 8.99. The molecule has 0 aliphatic rings. The van der Waals surface area contributed by atoms with Gasteiger partial charge >= 0.3 is 0 Å². The van der Waals surface area contributed by atoms with Gasteiger partial charge in [-0.15, -0.1) is 0 Å². The van der Waals surface area contributed by atoms with E-state index in [-0.39, 0.29) is 12.0 Å². The lowest BCUT2D eigenvalue weighted by molar-refractivity contribution is 0.215. The molecule has 11 heavy (non-hydrogen) atoms. The summed E-state index contributed by atoms with van der Waals surface area (Å²) >= 11 is 0. The summed E-state index contributed by atoms with van der Waals surface area (Å²) in [4.78, 5) is 7.85. The van der Waals surface area contributed by atoms with Crippen LogP contribution >= 0.6 is 0 Å². The van der Waals surface area contributed by atoms with Gasteiger partial charge in [0.05, 0.1) is 12.3 Å². The Hall–Kier alpha value is -0.960. The van der Waals surface area contributed by atoms with Gasteiger partial charge in [0.15, 0.2) is 0 Å². The highest BCUT2D eigenvalue weighted by atomic mass is 16.3. The van der Waals surface area contributed by atoms with Crippen LogP contribution in [0, 0.1) is 0 Å². The molecule has 1 N–H and O–H groups in total. The van der Waals surface area contributed by atoms with Gasteiger partial charge in [-0.3, -0.25) is 0 Å². The third kappa shape index (κ3) is 1.74. The third-order valence-electron chi connectivity index (χ3n) is 1.67. The van der Waals surface area contributed by atoms with Crippen molar-refractivity contribution in [2.45, 2.75) is 19.3 Å². The highest BCUT2D eigenvalue weighted by Crippen LogP contribution is 2.18. The molecule has 3 heteroatoms. The lowest BCUT2D eigenvalue weighted by Crippen LogP contribution is -2.23. The van der Waals surface area contributed by atoms with Crippen molar-refractivity contribution in [2.24, 2.45) is 0 Å². The molecule has 0 unspecified atom stereocenters. The fourth-order valence-corrected chi connectivity index (χ4v) is 0.772. The quantitative estimate of drug-likeness (QED) is 0.680. The van der Waals surface area contributed by atoms with Crippen molar-refractivity contribution in [3.05, 3.63) is 24.3 Å². The number of aliphatic hydroxyl groups is 1. The van der Waals surface area contributed by atoms with Crippen molar-refractivity contribution < 1.29 is 5.11 Å². The highest BCUT2D eigenvalue weighted by molar-refractivity contribution is 5.11. The van der Waals surface area contributed by atoms with Crippen LogP contribution in [0.1, 0.15) is 19.5 Å². The predicted molar refractivity (Wildman–Crippen MR) is 42.1 cm³/mol. The van der Waals surface area contributed by atoms with Crippen molar-refractivity contribution in [1.29, 1.82) is 0 Å². The van der Waals surface area contributed by atoms with E-state index in [1.54, 1.807) is 6.20 Å². The van der Waals surface area contributed by atoms with Crippen molar-refractivity contribution in [2.75, 3.05) is 6.61 Å². The standard InChI is InChI=1S/C8H12N2O/c1-8(2,5-11)7-3-4-9-6-10-7/h3-4,6,11H,5H2,1-2H3. The first-order valence-corrected chi connectivity index (χ1v) is 3.54. The zero-order valence-electron chi connectivity index (χ0n) is 6.78. The average Bonchev–Trinajstić information content (AvgIpc) is 2.06. The minimum Gasteiger partial charge on any atom is -0.395 e. The fraction of sp³-hybridized carbons (Fsp3) is 0.500. The molecule has 1 aromatic rings. The Labute approximate surface area is 66.1 Å². The van der Waals surface area contributed by atoms with Gasteiger partial charge in [0, 0.05) is 11.6 Å². The van der Waals surface area contributed by atoms with E-state index in [9.17, 15) is 0 Å². The summed E-state index contributed by atoms with van der Waals surface area (Å²) in [5, 5.41) is 8.99. The van der Waals surface area contributed by atoms with Gasteiger partial charge < -0.3 is 5.11 Å². The summed E-state index contributed by atoms with van der Waals surface area (Å²) < 4.78 is 0. The largest absolute Gasteiger partial charge is 0.395 e. The second-order valence-corrected chi connectivity index (χ2v) is 3.14. The molecule has 0 aliphatic heterocycles. The van der Waals surface area contributed by atoms with E-state index in [4.69, 9.17) is 5.11 Å². The molecular weight excluding hydrogens is 140 g/mol. The molecule has 0 bridgehead atoms. The van der Waals surface area contributed by atoms with E-state index in [2.05, 4.69) is 9.97 Å². The van der Waals surface area contributed by atoms with Crippen LogP contribution in [0.3, 0.4) is 0 Å². The molecule has 1 rings (SSSR count). The number of hydrogen-bond donors (Lipinski definition) is 1. The van der Waals surface area contributed by atoms with Gasteiger partial charge in [-0.2, -0.15) is 0 Å². The van der Waals surface area contributed by atoms with E-state index in [0.29, 0.717) is 0 Å². The van der Waals surface area contributed by atoms with Crippen LogP contribution in [-0.4, -0.2) is 21.7 Å². The minimum absolute atomic E-state index is 0.101. The molecule has 1 heterocycles. The van der Waals surface area contributed by atoms with E-state index >= 15 is 0 Å². The molecule has 0 saturated carbocycles. The predicted octanol–water partition coefficient (Wildman–Crippen LogP) is 0.746. The van der Waals surface area contributed by atoms with Crippen LogP contribution < -0.4 is 0 Å². The summed E-state index contributed by atoms with van der Waals surface area (Å²) in [7, 11) is 0. The molecule has 60 valence electrons. The molecule has 1 aromatic heterocycles. The summed E-state index contributed by atoms with van der Waals surface area (Å²) in [6.45, 7) is 3.98. The maximum Gasteiger partial charge on any atom is 0.115 e. The third-order valence-corrected chi connectivity index (χ3v) is 1.67. The molecule has 0 atom stereocenters. The first kappa shape index (κ1) is 8.14. The second kappa shape index (κ2) is 2.96. The lowest BCUT2D eigenvalue weighted by atomic mass is 9.90. The zero-order chi connectivity index (χ0) is 8.32. The molecule has 0 aromatic carbocycles. The smallest absolute Gasteiger partial charge is 0.115 e. The minimum atomic E-state index is -0.261. The monoisotopic (exact) mass is 152 g/mol. The van der Waals surface area contributed by atoms with E-state index < -0.39 is 0 Å². The van der Waals surface area contributed by atoms with Crippen molar-refractivity contribution >= 4 is 0 Å². The average molecular weight is 152 g/mol. The normalized spacial score (nSPS) is 11.5. The molecule has 3 nitrogen and oxygen atoms in total. The second-order valence-electron chi connectivity index (χ2n) is 3.14. The first-order valence-electron chi connectivity index (χ1n) is 3.54. The molecular formula is C8H12N2O. The van der Waals surface area contributed by atoms with Crippen molar-refractivity contribution in [3.8, 4) is 0 Å². The number of nitrogens with zero attached hydrogens (tertiary/aromatic N) is 2. The number of aromatic nitrogens is 2. The summed E-state index contributed by atoms with van der Waals surface area (Å²) in [5.74, 6) is 0. The highest BCUT2D eigenvalue weighted by Gasteiger charge is 2.20. The van der Waals surface area contributed by atoms with Crippen LogP contribution in [0.2, 0.25) is 0 Å². The van der Waals surface area contributed by atoms with E-state index in [1.807, 2.05) is 19.9 Å². The van der Waals surface area contributed by atoms with Gasteiger partial charge in [-0.05, 0) is 6.07 Å². The number of aliphatic hydroxyl groups excluding tert-OH is 1. The van der Waals surface area contributed by atoms with Gasteiger partial charge in [-0.1, -0.05) is 13.8 Å². The molecule has 0 aliphatic carbocycles. The maximum atomic E-state index is 8.99. The molecule has 0 saturated heterocycles. The zero-order valence-corrected chi connectivity index (χ0v) is 6.78. The van der Waals surface area contributed by atoms with Crippen LogP contribution in [-0.2, 0) is 5.41 Å². The summed E-state index contributed by atoms with van der Waals surface area (Å²) in [6.07, 6.45) is 3.17. The summed E-state index contributed by atoms with van der Waals surface area (Å²) in [5.41, 5.74) is 0.609. The van der Waals surface area contributed by atoms with Crippen LogP contribution in [0.25, 0.3) is 0 Å². The van der Waals surface area contributed by atoms with Gasteiger partial charge in [0.2, 0.25) is 0 Å². The number of rotatable bonds is 2. The van der Waals surface area contributed by atoms with Crippen LogP contribution in [0.4, 0.5) is 0 Å². The Morgan fingerprint density at radius 1 is 1.55 bits per heavy atom. The Bertz CT molecular complexity index is 221. The molecule has 0 radical (unpaired) electrons. The summed E-state index contributed by atoms with van der Waals surface area (Å²) in [6, 6.07) is 1.82.